The van der Waals surface area contributed by atoms with Crippen molar-refractivity contribution in [3.8, 4) is 0 Å². The standard InChI is InChI=1S/C20H36N4O3/c1-6-26-16-12-15(20(16)9-7-10-20)23-17(21-5)24-11-8-14(13-24)22-18(25)27-19(2,3)4/h14-16H,6-13H2,1-5H3,(H,21,23)(H,22,25). The minimum atomic E-state index is -0.474. The lowest BCUT2D eigenvalue weighted by molar-refractivity contribution is -0.168. The maximum absolute atomic E-state index is 12.0. The number of likely N-dealkylation sites (tertiary alicyclic amines) is 1. The number of carbonyl (C=O) groups excluding carboxylic acids is 1. The molecule has 1 spiro atoms. The van der Waals surface area contributed by atoms with E-state index in [9.17, 15) is 4.79 Å². The molecule has 7 nitrogen and oxygen atoms in total. The Labute approximate surface area is 163 Å². The van der Waals surface area contributed by atoms with Crippen molar-refractivity contribution < 1.29 is 14.3 Å². The molecule has 0 aromatic carbocycles. The van der Waals surface area contributed by atoms with Gasteiger partial charge >= 0.3 is 6.09 Å². The van der Waals surface area contributed by atoms with Crippen LogP contribution in [0, 0.1) is 5.41 Å². The zero-order valence-corrected chi connectivity index (χ0v) is 17.5. The van der Waals surface area contributed by atoms with Gasteiger partial charge in [0.25, 0.3) is 0 Å². The lowest BCUT2D eigenvalue weighted by atomic mass is 9.51. The highest BCUT2D eigenvalue weighted by molar-refractivity contribution is 5.81. The molecule has 0 aromatic heterocycles. The number of hydrogen-bond donors (Lipinski definition) is 2. The number of nitrogens with one attached hydrogen (secondary N) is 2. The SMILES string of the molecule is CCOC1CC(NC(=NC)N2CCC(NC(=O)OC(C)(C)C)C2)C12CCC2. The third-order valence-electron chi connectivity index (χ3n) is 6.16. The molecule has 2 saturated carbocycles. The molecule has 3 fully saturated rings. The van der Waals surface area contributed by atoms with Gasteiger partial charge in [-0.3, -0.25) is 4.99 Å². The number of ether oxygens (including phenoxy) is 2. The van der Waals surface area contributed by atoms with Gasteiger partial charge in [-0.1, -0.05) is 6.42 Å². The molecule has 154 valence electrons. The van der Waals surface area contributed by atoms with Gasteiger partial charge in [-0.25, -0.2) is 4.79 Å². The fourth-order valence-corrected chi connectivity index (χ4v) is 4.64. The summed E-state index contributed by atoms with van der Waals surface area (Å²) in [5.41, 5.74) is -0.168. The molecule has 7 heteroatoms. The second-order valence-electron chi connectivity index (χ2n) is 9.09. The fraction of sp³-hybridized carbons (Fsp3) is 0.900. The fourth-order valence-electron chi connectivity index (χ4n) is 4.64. The summed E-state index contributed by atoms with van der Waals surface area (Å²) in [6.07, 6.45) is 5.80. The first-order chi connectivity index (χ1) is 12.8. The van der Waals surface area contributed by atoms with Crippen LogP contribution in [0.25, 0.3) is 0 Å². The molecule has 3 aliphatic rings. The molecule has 0 radical (unpaired) electrons. The molecule has 0 aromatic rings. The molecule has 3 unspecified atom stereocenters. The van der Waals surface area contributed by atoms with Gasteiger partial charge in [0.15, 0.2) is 5.96 Å². The quantitative estimate of drug-likeness (QED) is 0.579. The van der Waals surface area contributed by atoms with Crippen LogP contribution in [-0.2, 0) is 9.47 Å². The zero-order valence-electron chi connectivity index (χ0n) is 17.5. The molecular formula is C20H36N4O3. The van der Waals surface area contributed by atoms with Gasteiger partial charge < -0.3 is 25.0 Å². The van der Waals surface area contributed by atoms with E-state index >= 15 is 0 Å². The van der Waals surface area contributed by atoms with Crippen LogP contribution in [0.3, 0.4) is 0 Å². The Bertz CT molecular complexity index is 568. The number of amides is 1. The molecule has 1 amide bonds. The third kappa shape index (κ3) is 4.33. The molecule has 2 N–H and O–H groups in total. The van der Waals surface area contributed by atoms with Crippen LogP contribution in [0.15, 0.2) is 4.99 Å². The molecule has 0 bridgehead atoms. The number of rotatable bonds is 4. The summed E-state index contributed by atoms with van der Waals surface area (Å²) in [5, 5.41) is 6.67. The minimum absolute atomic E-state index is 0.0913. The minimum Gasteiger partial charge on any atom is -0.444 e. The molecule has 1 saturated heterocycles. The van der Waals surface area contributed by atoms with Crippen molar-refractivity contribution in [2.75, 3.05) is 26.7 Å². The highest BCUT2D eigenvalue weighted by Gasteiger charge is 2.59. The number of carbonyl (C=O) groups is 1. The molecule has 3 rings (SSSR count). The summed E-state index contributed by atoms with van der Waals surface area (Å²) in [6.45, 7) is 10.1. The van der Waals surface area contributed by atoms with Crippen molar-refractivity contribution in [3.05, 3.63) is 0 Å². The van der Waals surface area contributed by atoms with E-state index < -0.39 is 5.60 Å². The highest BCUT2D eigenvalue weighted by Crippen LogP contribution is 2.57. The van der Waals surface area contributed by atoms with Crippen molar-refractivity contribution in [1.82, 2.24) is 15.5 Å². The summed E-state index contributed by atoms with van der Waals surface area (Å²) in [6, 6.07) is 0.535. The van der Waals surface area contributed by atoms with E-state index in [1.807, 2.05) is 27.8 Å². The van der Waals surface area contributed by atoms with Crippen molar-refractivity contribution >= 4 is 12.1 Å². The van der Waals surface area contributed by atoms with Gasteiger partial charge in [0, 0.05) is 38.2 Å². The number of nitrogens with zero attached hydrogens (tertiary/aromatic N) is 2. The number of hydrogen-bond acceptors (Lipinski definition) is 4. The number of alkyl carbamates (subject to hydrolysis) is 1. The summed E-state index contributed by atoms with van der Waals surface area (Å²) in [5.74, 6) is 0.940. The van der Waals surface area contributed by atoms with E-state index in [2.05, 4.69) is 27.4 Å². The maximum Gasteiger partial charge on any atom is 0.407 e. The van der Waals surface area contributed by atoms with Crippen molar-refractivity contribution in [1.29, 1.82) is 0 Å². The molecule has 27 heavy (non-hydrogen) atoms. The summed E-state index contributed by atoms with van der Waals surface area (Å²) in [4.78, 5) is 18.8. The maximum atomic E-state index is 12.0. The lowest BCUT2D eigenvalue weighted by Gasteiger charge is -2.61. The van der Waals surface area contributed by atoms with Gasteiger partial charge in [-0.15, -0.1) is 0 Å². The van der Waals surface area contributed by atoms with E-state index in [1.54, 1.807) is 0 Å². The van der Waals surface area contributed by atoms with Crippen molar-refractivity contribution in [3.63, 3.8) is 0 Å². The second-order valence-corrected chi connectivity index (χ2v) is 9.09. The Morgan fingerprint density at radius 2 is 2.04 bits per heavy atom. The largest absolute Gasteiger partial charge is 0.444 e. The van der Waals surface area contributed by atoms with Crippen molar-refractivity contribution in [2.24, 2.45) is 10.4 Å². The third-order valence-corrected chi connectivity index (χ3v) is 6.16. The van der Waals surface area contributed by atoms with Crippen molar-refractivity contribution in [2.45, 2.75) is 83.6 Å². The van der Waals surface area contributed by atoms with Crippen LogP contribution in [0.4, 0.5) is 4.79 Å². The van der Waals surface area contributed by atoms with E-state index in [-0.39, 0.29) is 12.1 Å². The van der Waals surface area contributed by atoms with Gasteiger partial charge in [-0.2, -0.15) is 0 Å². The smallest absolute Gasteiger partial charge is 0.407 e. The average molecular weight is 381 g/mol. The normalized spacial score (nSPS) is 29.9. The van der Waals surface area contributed by atoms with Crippen LogP contribution in [-0.4, -0.2) is 67.5 Å². The lowest BCUT2D eigenvalue weighted by Crippen LogP contribution is -2.68. The average Bonchev–Trinajstić information content (AvgIpc) is 2.94. The van der Waals surface area contributed by atoms with Crippen LogP contribution < -0.4 is 10.6 Å². The predicted octanol–water partition coefficient (Wildman–Crippen LogP) is 2.51. The first kappa shape index (κ1) is 20.2. The molecule has 1 heterocycles. The monoisotopic (exact) mass is 380 g/mol. The van der Waals surface area contributed by atoms with E-state index in [1.165, 1.54) is 19.3 Å². The summed E-state index contributed by atoms with van der Waals surface area (Å²) in [7, 11) is 1.84. The number of aliphatic imine (C=N–C) groups is 1. The first-order valence-corrected chi connectivity index (χ1v) is 10.4. The molecule has 1 aliphatic heterocycles. The Hall–Kier alpha value is -1.50. The summed E-state index contributed by atoms with van der Waals surface area (Å²) < 4.78 is 11.3. The van der Waals surface area contributed by atoms with Crippen LogP contribution in [0.5, 0.6) is 0 Å². The van der Waals surface area contributed by atoms with E-state index in [0.717, 1.165) is 38.5 Å². The topological polar surface area (TPSA) is 75.2 Å². The first-order valence-electron chi connectivity index (χ1n) is 10.4. The van der Waals surface area contributed by atoms with Gasteiger partial charge in [0.05, 0.1) is 12.1 Å². The van der Waals surface area contributed by atoms with E-state index in [4.69, 9.17) is 9.47 Å². The zero-order chi connectivity index (χ0) is 19.7. The van der Waals surface area contributed by atoms with Gasteiger partial charge in [0.1, 0.15) is 5.60 Å². The molecular weight excluding hydrogens is 344 g/mol. The van der Waals surface area contributed by atoms with E-state index in [0.29, 0.717) is 17.6 Å². The van der Waals surface area contributed by atoms with Crippen LogP contribution in [0.1, 0.15) is 59.8 Å². The second kappa shape index (κ2) is 7.86. The predicted molar refractivity (Wildman–Crippen MR) is 106 cm³/mol. The summed E-state index contributed by atoms with van der Waals surface area (Å²) >= 11 is 0. The Morgan fingerprint density at radius 1 is 1.30 bits per heavy atom. The molecule has 2 aliphatic carbocycles. The highest BCUT2D eigenvalue weighted by atomic mass is 16.6. The molecule has 3 atom stereocenters. The van der Waals surface area contributed by atoms with Gasteiger partial charge in [-0.05, 0) is 53.4 Å². The Morgan fingerprint density at radius 3 is 2.59 bits per heavy atom. The Kier molecular flexibility index (Phi) is 5.89. The van der Waals surface area contributed by atoms with Crippen LogP contribution in [0.2, 0.25) is 0 Å². The Balaban J connectivity index is 1.50. The number of guanidine groups is 1. The van der Waals surface area contributed by atoms with Crippen LogP contribution >= 0.6 is 0 Å². The van der Waals surface area contributed by atoms with Gasteiger partial charge in [0.2, 0.25) is 0 Å².